The van der Waals surface area contributed by atoms with Crippen molar-refractivity contribution in [2.75, 3.05) is 0 Å². The number of hydrogen-bond acceptors (Lipinski definition) is 0. The first-order chi connectivity index (χ1) is 9.40. The van der Waals surface area contributed by atoms with Gasteiger partial charge in [-0.2, -0.15) is 0 Å². The monoisotopic (exact) mass is 247 g/mol. The van der Waals surface area contributed by atoms with Crippen molar-refractivity contribution in [2.24, 2.45) is 0 Å². The Bertz CT molecular complexity index is 533. The van der Waals surface area contributed by atoms with Crippen LogP contribution >= 0.6 is 0 Å². The fourth-order valence-electron chi connectivity index (χ4n) is 2.04. The lowest BCUT2D eigenvalue weighted by Gasteiger charge is -2.01. The molecule has 0 N–H and O–H groups in total. The fourth-order valence-corrected chi connectivity index (χ4v) is 2.04. The minimum atomic E-state index is 1.06. The molecule has 0 amide bonds. The van der Waals surface area contributed by atoms with Crippen molar-refractivity contribution in [3.8, 4) is 0 Å². The molecule has 19 heavy (non-hydrogen) atoms. The molecule has 0 saturated heterocycles. The molecule has 0 spiro atoms. The third-order valence-corrected chi connectivity index (χ3v) is 3.08. The molecular formula is C19H19. The second kappa shape index (κ2) is 7.38. The minimum absolute atomic E-state index is 1.06. The molecule has 0 heterocycles. The molecule has 2 rings (SSSR count). The molecule has 2 aromatic carbocycles. The number of aryl methyl sites for hydroxylation is 1. The molecule has 0 heteroatoms. The second-order valence-electron chi connectivity index (χ2n) is 4.46. The Morgan fingerprint density at radius 2 is 1.58 bits per heavy atom. The second-order valence-corrected chi connectivity index (χ2v) is 4.46. The molecule has 2 aromatic rings. The normalized spacial score (nSPS) is 11.9. The van der Waals surface area contributed by atoms with Crippen molar-refractivity contribution in [3.63, 3.8) is 0 Å². The van der Waals surface area contributed by atoms with Gasteiger partial charge in [0.25, 0.3) is 0 Å². The van der Waals surface area contributed by atoms with Crippen LogP contribution in [0.1, 0.15) is 24.5 Å². The van der Waals surface area contributed by atoms with E-state index >= 15 is 0 Å². The highest BCUT2D eigenvalue weighted by molar-refractivity contribution is 5.71. The van der Waals surface area contributed by atoms with E-state index in [0.29, 0.717) is 0 Å². The lowest BCUT2D eigenvalue weighted by Crippen LogP contribution is -1.83. The van der Waals surface area contributed by atoms with Gasteiger partial charge >= 0.3 is 0 Å². The maximum Gasteiger partial charge on any atom is -0.0155 e. The zero-order chi connectivity index (χ0) is 13.3. The molecular weight excluding hydrogens is 228 g/mol. The predicted octanol–water partition coefficient (Wildman–Crippen LogP) is 5.08. The van der Waals surface area contributed by atoms with Gasteiger partial charge in [-0.1, -0.05) is 72.8 Å². The van der Waals surface area contributed by atoms with Gasteiger partial charge in [0.1, 0.15) is 0 Å². The van der Waals surface area contributed by atoms with Crippen LogP contribution in [0.2, 0.25) is 0 Å². The van der Waals surface area contributed by atoms with Gasteiger partial charge in [0.2, 0.25) is 0 Å². The van der Waals surface area contributed by atoms with Crippen molar-refractivity contribution in [1.29, 1.82) is 0 Å². The first-order valence-electron chi connectivity index (χ1n) is 6.71. The van der Waals surface area contributed by atoms with Crippen LogP contribution in [0.4, 0.5) is 0 Å². The van der Waals surface area contributed by atoms with Crippen molar-refractivity contribution in [2.45, 2.75) is 19.8 Å². The van der Waals surface area contributed by atoms with E-state index in [-0.39, 0.29) is 0 Å². The first-order valence-corrected chi connectivity index (χ1v) is 6.71. The third-order valence-electron chi connectivity index (χ3n) is 3.08. The van der Waals surface area contributed by atoms with E-state index in [4.69, 9.17) is 0 Å². The summed E-state index contributed by atoms with van der Waals surface area (Å²) in [6.07, 6.45) is 9.78. The Labute approximate surface area is 116 Å². The van der Waals surface area contributed by atoms with E-state index < -0.39 is 0 Å². The number of rotatable bonds is 5. The van der Waals surface area contributed by atoms with Crippen LogP contribution in [0.3, 0.4) is 0 Å². The predicted molar refractivity (Wildman–Crippen MR) is 82.7 cm³/mol. The molecule has 0 aromatic heterocycles. The summed E-state index contributed by atoms with van der Waals surface area (Å²) in [5, 5.41) is 0. The third kappa shape index (κ3) is 4.26. The van der Waals surface area contributed by atoms with Gasteiger partial charge in [0.15, 0.2) is 0 Å². The van der Waals surface area contributed by atoms with Gasteiger partial charge in [-0.25, -0.2) is 0 Å². The van der Waals surface area contributed by atoms with Crippen molar-refractivity contribution in [1.82, 2.24) is 0 Å². The summed E-state index contributed by atoms with van der Waals surface area (Å²) in [7, 11) is 0. The maximum atomic E-state index is 3.25. The van der Waals surface area contributed by atoms with E-state index in [1.54, 1.807) is 0 Å². The van der Waals surface area contributed by atoms with Gasteiger partial charge in [-0.05, 0) is 42.5 Å². The van der Waals surface area contributed by atoms with Crippen molar-refractivity contribution in [3.05, 3.63) is 90.0 Å². The zero-order valence-electron chi connectivity index (χ0n) is 11.3. The van der Waals surface area contributed by atoms with E-state index in [9.17, 15) is 0 Å². The van der Waals surface area contributed by atoms with Crippen molar-refractivity contribution >= 4 is 5.57 Å². The molecule has 0 aliphatic carbocycles. The average Bonchev–Trinajstić information content (AvgIpc) is 2.49. The van der Waals surface area contributed by atoms with Gasteiger partial charge in [0, 0.05) is 0 Å². The minimum Gasteiger partial charge on any atom is -0.0836 e. The van der Waals surface area contributed by atoms with Crippen LogP contribution in [-0.4, -0.2) is 0 Å². The molecule has 1 radical (unpaired) electrons. The molecule has 95 valence electrons. The summed E-state index contributed by atoms with van der Waals surface area (Å²) < 4.78 is 0. The number of allylic oxidation sites excluding steroid dienone is 4. The van der Waals surface area contributed by atoms with Crippen LogP contribution in [0.15, 0.2) is 72.8 Å². The maximum absolute atomic E-state index is 3.25. The van der Waals surface area contributed by atoms with Crippen LogP contribution in [0, 0.1) is 6.08 Å². The van der Waals surface area contributed by atoms with Crippen LogP contribution in [-0.2, 0) is 6.42 Å². The van der Waals surface area contributed by atoms with E-state index in [2.05, 4.69) is 72.8 Å². The van der Waals surface area contributed by atoms with Gasteiger partial charge in [-0.15, -0.1) is 0 Å². The molecule has 0 bridgehead atoms. The number of benzene rings is 2. The Kier molecular flexibility index (Phi) is 5.18. The topological polar surface area (TPSA) is 0 Å². The van der Waals surface area contributed by atoms with E-state index in [1.165, 1.54) is 11.1 Å². The Morgan fingerprint density at radius 3 is 2.21 bits per heavy atom. The molecule has 0 atom stereocenters. The molecule has 0 aliphatic rings. The van der Waals surface area contributed by atoms with Gasteiger partial charge in [-0.3, -0.25) is 0 Å². The highest BCUT2D eigenvalue weighted by Gasteiger charge is 1.95. The van der Waals surface area contributed by atoms with Gasteiger partial charge < -0.3 is 0 Å². The highest BCUT2D eigenvalue weighted by atomic mass is 14.0. The van der Waals surface area contributed by atoms with E-state index in [1.807, 2.05) is 13.0 Å². The standard InChI is InChI=1S/C19H19/c1-2-18(19-15-7-4-8-16-19)14-10-9-13-17-11-5-3-6-12-17/h3-8,10-12,14-16H,9,13H2,1H3. The summed E-state index contributed by atoms with van der Waals surface area (Å²) in [5.74, 6) is 0. The smallest absolute Gasteiger partial charge is 0.0155 e. The molecule has 0 unspecified atom stereocenters. The van der Waals surface area contributed by atoms with Gasteiger partial charge in [0.05, 0.1) is 0 Å². The lowest BCUT2D eigenvalue weighted by molar-refractivity contribution is 1.00. The summed E-state index contributed by atoms with van der Waals surface area (Å²) in [6.45, 7) is 1.96. The quantitative estimate of drug-likeness (QED) is 0.646. The van der Waals surface area contributed by atoms with Crippen LogP contribution in [0.5, 0.6) is 0 Å². The average molecular weight is 247 g/mol. The number of hydrogen-bond donors (Lipinski definition) is 0. The SMILES string of the molecule is C[C]=C(C=CCCc1ccccc1)c1ccccc1. The largest absolute Gasteiger partial charge is 0.0836 e. The molecule has 0 fully saturated rings. The Hall–Kier alpha value is -2.08. The highest BCUT2D eigenvalue weighted by Crippen LogP contribution is 2.15. The van der Waals surface area contributed by atoms with Crippen LogP contribution in [0.25, 0.3) is 5.57 Å². The summed E-state index contributed by atoms with van der Waals surface area (Å²) in [6, 6.07) is 21.0. The molecule has 0 aliphatic heterocycles. The zero-order valence-corrected chi connectivity index (χ0v) is 11.3. The fraction of sp³-hybridized carbons (Fsp3) is 0.158. The Balaban J connectivity index is 1.91. The summed E-state index contributed by atoms with van der Waals surface area (Å²) in [5.41, 5.74) is 3.77. The Morgan fingerprint density at radius 1 is 0.947 bits per heavy atom. The molecule has 0 nitrogen and oxygen atoms in total. The molecule has 0 saturated carbocycles. The van der Waals surface area contributed by atoms with Crippen LogP contribution < -0.4 is 0 Å². The lowest BCUT2D eigenvalue weighted by atomic mass is 10.0. The summed E-state index contributed by atoms with van der Waals surface area (Å²) in [4.78, 5) is 0. The first kappa shape index (κ1) is 13.4. The summed E-state index contributed by atoms with van der Waals surface area (Å²) >= 11 is 0. The van der Waals surface area contributed by atoms with Crippen molar-refractivity contribution < 1.29 is 0 Å². The van der Waals surface area contributed by atoms with E-state index in [0.717, 1.165) is 18.4 Å².